The van der Waals surface area contributed by atoms with Crippen molar-refractivity contribution in [3.05, 3.63) is 64.4 Å². The van der Waals surface area contributed by atoms with E-state index in [0.29, 0.717) is 25.3 Å². The zero-order chi connectivity index (χ0) is 43.4. The highest BCUT2D eigenvalue weighted by Crippen LogP contribution is 2.29. The molecule has 0 radical (unpaired) electrons. The molecule has 5 N–H and O–H groups in total. The van der Waals surface area contributed by atoms with E-state index in [2.05, 4.69) is 21.3 Å². The van der Waals surface area contributed by atoms with Gasteiger partial charge >= 0.3 is 12.0 Å². The Morgan fingerprint density at radius 1 is 0.883 bits per heavy atom. The van der Waals surface area contributed by atoms with Gasteiger partial charge in [0, 0.05) is 37.1 Å². The summed E-state index contributed by atoms with van der Waals surface area (Å²) in [6.45, 7) is 2.59. The predicted molar refractivity (Wildman–Crippen MR) is 207 cm³/mol. The molecule has 0 bridgehead atoms. The summed E-state index contributed by atoms with van der Waals surface area (Å²) in [5.41, 5.74) is -0.403. The van der Waals surface area contributed by atoms with Gasteiger partial charge in [0.1, 0.15) is 59.8 Å². The van der Waals surface area contributed by atoms with Gasteiger partial charge in [0.05, 0.1) is 12.3 Å². The van der Waals surface area contributed by atoms with E-state index >= 15 is 0 Å². The fourth-order valence-electron chi connectivity index (χ4n) is 8.34. The number of urea groups is 1. The van der Waals surface area contributed by atoms with Crippen LogP contribution in [0.4, 0.5) is 23.7 Å². The molecule has 8 atom stereocenters. The van der Waals surface area contributed by atoms with Gasteiger partial charge in [-0.3, -0.25) is 24.0 Å². The van der Waals surface area contributed by atoms with Crippen LogP contribution in [0.15, 0.2) is 36.4 Å². The lowest BCUT2D eigenvalue weighted by Crippen LogP contribution is -2.63. The molecule has 60 heavy (non-hydrogen) atoms. The summed E-state index contributed by atoms with van der Waals surface area (Å²) in [4.78, 5) is 102. The van der Waals surface area contributed by atoms with Crippen LogP contribution in [0.3, 0.4) is 0 Å². The number of esters is 1. The second-order valence-corrected chi connectivity index (χ2v) is 16.1. The molecule has 0 spiro atoms. The molecular weight excluding hydrogens is 815 g/mol. The van der Waals surface area contributed by atoms with Crippen LogP contribution in [0.25, 0.3) is 0 Å². The molecule has 4 aliphatic rings. The maximum absolute atomic E-state index is 14.7. The first-order chi connectivity index (χ1) is 28.5. The van der Waals surface area contributed by atoms with E-state index in [9.17, 15) is 51.8 Å². The Labute approximate surface area is 348 Å². The molecule has 4 fully saturated rings. The Morgan fingerprint density at radius 3 is 2.27 bits per heavy atom. The molecule has 6 rings (SSSR count). The first kappa shape index (κ1) is 44.1. The minimum atomic E-state index is -1.73. The van der Waals surface area contributed by atoms with E-state index in [4.69, 9.17) is 16.3 Å². The second-order valence-electron chi connectivity index (χ2n) is 15.7. The highest BCUT2D eigenvalue weighted by atomic mass is 35.5. The summed E-state index contributed by atoms with van der Waals surface area (Å²) in [7, 11) is 0. The van der Waals surface area contributed by atoms with Crippen molar-refractivity contribution in [3.8, 4) is 0 Å². The number of rotatable bonds is 7. The van der Waals surface area contributed by atoms with Gasteiger partial charge in [-0.05, 0) is 87.3 Å². The third-order valence-corrected chi connectivity index (χ3v) is 11.5. The summed E-state index contributed by atoms with van der Waals surface area (Å²) in [5, 5.41) is 20.0. The molecular formula is C40H47ClF3N7O9. The topological polar surface area (TPSA) is 207 Å². The van der Waals surface area contributed by atoms with Crippen LogP contribution in [-0.2, 0) is 39.9 Å². The lowest BCUT2D eigenvalue weighted by molar-refractivity contribution is -0.163. The lowest BCUT2D eigenvalue weighted by atomic mass is 9.98. The zero-order valence-electron chi connectivity index (χ0n) is 32.9. The average Bonchev–Trinajstić information content (AvgIpc) is 3.85. The highest BCUT2D eigenvalue weighted by molar-refractivity contribution is 6.30. The van der Waals surface area contributed by atoms with E-state index in [-0.39, 0.29) is 61.1 Å². The number of halogens is 4. The number of nitrogens with zero attached hydrogens (tertiary/aromatic N) is 3. The summed E-state index contributed by atoms with van der Waals surface area (Å²) < 4.78 is 49.1. The van der Waals surface area contributed by atoms with Crippen molar-refractivity contribution in [2.45, 2.75) is 101 Å². The summed E-state index contributed by atoms with van der Waals surface area (Å²) >= 11 is 5.83. The van der Waals surface area contributed by atoms with Crippen molar-refractivity contribution < 1.29 is 56.6 Å². The van der Waals surface area contributed by atoms with Gasteiger partial charge < -0.3 is 45.8 Å². The number of aliphatic hydroxyl groups excluding tert-OH is 1. The van der Waals surface area contributed by atoms with Crippen molar-refractivity contribution in [1.29, 1.82) is 0 Å². The van der Waals surface area contributed by atoms with E-state index in [0.717, 1.165) is 24.3 Å². The van der Waals surface area contributed by atoms with Gasteiger partial charge in [-0.2, -0.15) is 0 Å². The van der Waals surface area contributed by atoms with Gasteiger partial charge in [0.2, 0.25) is 29.5 Å². The van der Waals surface area contributed by atoms with E-state index < -0.39 is 114 Å². The summed E-state index contributed by atoms with van der Waals surface area (Å²) in [6.07, 6.45) is 0.0386. The zero-order valence-corrected chi connectivity index (χ0v) is 33.7. The minimum Gasteiger partial charge on any atom is -0.458 e. The number of carbonyl (C=O) groups is 7. The third-order valence-electron chi connectivity index (χ3n) is 11.3. The molecule has 0 saturated carbocycles. The number of hydrogen-bond acceptors (Lipinski definition) is 9. The molecule has 4 aliphatic heterocycles. The molecule has 2 aromatic carbocycles. The molecule has 4 saturated heterocycles. The van der Waals surface area contributed by atoms with E-state index in [1.165, 1.54) is 27.7 Å². The number of amides is 7. The number of fused-ring (bicyclic) bond motifs is 3. The van der Waals surface area contributed by atoms with E-state index in [1.54, 1.807) is 6.92 Å². The number of carbonyl (C=O) groups excluding carboxylic acids is 7. The number of anilines is 1. The van der Waals surface area contributed by atoms with Crippen LogP contribution in [0, 0.1) is 23.4 Å². The molecule has 20 heteroatoms. The fourth-order valence-corrected chi connectivity index (χ4v) is 8.50. The monoisotopic (exact) mass is 861 g/mol. The first-order valence-electron chi connectivity index (χ1n) is 19.9. The smallest absolute Gasteiger partial charge is 0.329 e. The van der Waals surface area contributed by atoms with Gasteiger partial charge in [0.15, 0.2) is 0 Å². The normalized spacial score (nSPS) is 27.0. The Bertz CT molecular complexity index is 2010. The van der Waals surface area contributed by atoms with Crippen molar-refractivity contribution in [2.75, 3.05) is 31.6 Å². The van der Waals surface area contributed by atoms with Crippen LogP contribution < -0.4 is 21.3 Å². The Morgan fingerprint density at radius 2 is 1.57 bits per heavy atom. The van der Waals surface area contributed by atoms with Crippen LogP contribution >= 0.6 is 11.6 Å². The van der Waals surface area contributed by atoms with Gasteiger partial charge in [-0.25, -0.2) is 22.8 Å². The maximum atomic E-state index is 14.7. The average molecular weight is 862 g/mol. The molecule has 0 aliphatic carbocycles. The van der Waals surface area contributed by atoms with Crippen molar-refractivity contribution in [2.24, 2.45) is 5.92 Å². The van der Waals surface area contributed by atoms with Crippen molar-refractivity contribution in [1.82, 2.24) is 30.7 Å². The number of benzene rings is 2. The van der Waals surface area contributed by atoms with Crippen LogP contribution in [0.1, 0.15) is 57.9 Å². The number of piperidine rings is 1. The van der Waals surface area contributed by atoms with Gasteiger partial charge in [-0.1, -0.05) is 18.5 Å². The minimum absolute atomic E-state index is 0.0388. The quantitative estimate of drug-likeness (QED) is 0.258. The molecule has 1 unspecified atom stereocenters. The largest absolute Gasteiger partial charge is 0.458 e. The van der Waals surface area contributed by atoms with Gasteiger partial charge in [0.25, 0.3) is 0 Å². The number of hydrogen-bond donors (Lipinski definition) is 5. The molecule has 7 amide bonds. The summed E-state index contributed by atoms with van der Waals surface area (Å²) in [5.74, 6) is -7.98. The fraction of sp³-hybridized carbons (Fsp3) is 0.525. The SMILES string of the molecule is C[C@@H]1C[C@H]2C(=O)O[C@@H](C)C(NC(=O)[C@H](Cc3cc(F)cc(F)c3)NC(=O)Nc3ccc(Cl)cc3F)C(=O)N3CCC[C@H]3C(=O)N3CCCC[C@H]3C(=O)N[C@@H](CO)C(=O)N2C1. The van der Waals surface area contributed by atoms with Crippen LogP contribution in [-0.4, -0.2) is 130 Å². The van der Waals surface area contributed by atoms with E-state index in [1.807, 2.05) is 0 Å². The molecule has 0 aromatic heterocycles. The lowest BCUT2D eigenvalue weighted by Gasteiger charge is -2.40. The number of cyclic esters (lactones) is 1. The number of ether oxygens (including phenoxy) is 1. The Kier molecular flexibility index (Phi) is 13.9. The first-order valence-corrected chi connectivity index (χ1v) is 20.2. The molecule has 16 nitrogen and oxygen atoms in total. The standard InChI is InChI=1S/C40H47ClF3N7O9/c1-20-12-32-39(58)60-21(2)33(48-34(53)28(15-22-13-24(42)17-25(43)14-22)47-40(59)46-27-9-8-23(41)16-26(27)44)38(57)50-11-5-7-31(50)37(56)49-10-4-3-6-30(49)35(54)45-29(19-52)36(55)51(32)18-20/h8-9,13-14,16-17,20-21,28-33,52H,3-7,10-12,15,18-19H2,1-2H3,(H,45,54)(H,48,53)(H2,46,47,59)/t20-,21+,28+,29+,30+,31+,32+,33?/m1/s1. The summed E-state index contributed by atoms with van der Waals surface area (Å²) in [6, 6.07) is -3.48. The van der Waals surface area contributed by atoms with Crippen LogP contribution in [0.5, 0.6) is 0 Å². The number of nitrogens with one attached hydrogen (secondary N) is 4. The highest BCUT2D eigenvalue weighted by Gasteiger charge is 2.48. The van der Waals surface area contributed by atoms with Gasteiger partial charge in [-0.15, -0.1) is 0 Å². The Balaban J connectivity index is 1.35. The molecule has 4 heterocycles. The second kappa shape index (κ2) is 18.9. The third kappa shape index (κ3) is 9.94. The van der Waals surface area contributed by atoms with Crippen molar-refractivity contribution >= 4 is 58.8 Å². The maximum Gasteiger partial charge on any atom is 0.329 e. The Hall–Kier alpha value is -5.43. The number of aliphatic hydroxyl groups is 1. The molecule has 2 aromatic rings. The van der Waals surface area contributed by atoms with Crippen molar-refractivity contribution in [3.63, 3.8) is 0 Å². The predicted octanol–water partition coefficient (Wildman–Crippen LogP) is 2.01. The molecule has 324 valence electrons. The van der Waals surface area contributed by atoms with Crippen LogP contribution in [0.2, 0.25) is 5.02 Å².